The van der Waals surface area contributed by atoms with Crippen molar-refractivity contribution in [3.63, 3.8) is 0 Å². The third-order valence-corrected chi connectivity index (χ3v) is 13.9. The number of fused-ring (bicyclic) bond motifs is 24. The summed E-state index contributed by atoms with van der Waals surface area (Å²) >= 11 is 0. The van der Waals surface area contributed by atoms with Gasteiger partial charge in [0.15, 0.2) is 46.0 Å². The maximum Gasteiger partial charge on any atom is 0.161 e. The summed E-state index contributed by atoms with van der Waals surface area (Å²) in [6, 6.07) is 56.0. The number of hydrogen-bond acceptors (Lipinski definition) is 14. The highest BCUT2D eigenvalue weighted by Gasteiger charge is 2.23. The minimum absolute atomic E-state index is 0.248. The van der Waals surface area contributed by atoms with Crippen LogP contribution in [0.15, 0.2) is 170 Å². The largest absolute Gasteiger partial charge is 0.489 e. The van der Waals surface area contributed by atoms with Crippen LogP contribution in [0.5, 0.6) is 69.0 Å². The Morgan fingerprint density at radius 3 is 0.500 bits per heavy atom. The second-order valence-corrected chi connectivity index (χ2v) is 19.5. The fourth-order valence-electron chi connectivity index (χ4n) is 10.2. The summed E-state index contributed by atoms with van der Waals surface area (Å²) in [6.45, 7) is 4.70. The molecule has 1 aliphatic carbocycles. The van der Waals surface area contributed by atoms with Crippen molar-refractivity contribution in [3.05, 3.63) is 214 Å². The highest BCUT2D eigenvalue weighted by atomic mass is 16.6. The molecule has 0 atom stereocenters. The second kappa shape index (κ2) is 28.6. The van der Waals surface area contributed by atoms with Crippen LogP contribution >= 0.6 is 0 Å². The summed E-state index contributed by atoms with van der Waals surface area (Å²) in [7, 11) is 0. The molecule has 0 radical (unpaired) electrons. The van der Waals surface area contributed by atoms with Crippen LogP contribution in [0, 0.1) is 0 Å². The molecule has 0 N–H and O–H groups in total. The van der Waals surface area contributed by atoms with Gasteiger partial charge in [-0.3, -0.25) is 0 Å². The Hall–Kier alpha value is -8.72. The zero-order valence-corrected chi connectivity index (χ0v) is 46.0. The average Bonchev–Trinajstić information content (AvgIpc) is 3.59. The van der Waals surface area contributed by atoms with E-state index in [0.717, 1.165) is 67.5 Å². The molecular formula is C68H68O14. The quantitative estimate of drug-likeness (QED) is 0.134. The summed E-state index contributed by atoms with van der Waals surface area (Å²) in [5, 5.41) is 0. The van der Waals surface area contributed by atoms with Crippen LogP contribution in [-0.4, -0.2) is 106 Å². The van der Waals surface area contributed by atoms with Crippen LogP contribution in [0.4, 0.5) is 0 Å². The standard InChI is InChI=1S/C68H68O14/c1-5-25-61-57(21-1)71-33-29-69-30-34-72-58-22-2-6-26-62(58)76-38-42-82-68-55-19-12-20-56(68)48-54-18-11-16-52-46-50-14-9-13-49(65(50)79-41-37-75-61)45-51-15-10-17-53(47-55)66(51)80-43-39-77-63-27-7-3-23-59(63)73-35-31-70-32-36-74-60-24-4-8-28-64(60)78-40-44-81-67(52)54/h1-28H,29-48H2. The van der Waals surface area contributed by atoms with E-state index in [1.807, 2.05) is 97.1 Å². The van der Waals surface area contributed by atoms with Crippen molar-refractivity contribution < 1.29 is 66.3 Å². The van der Waals surface area contributed by atoms with Crippen molar-refractivity contribution in [2.45, 2.75) is 25.7 Å². The Morgan fingerprint density at radius 2 is 0.317 bits per heavy atom. The van der Waals surface area contributed by atoms with Gasteiger partial charge >= 0.3 is 0 Å². The normalized spacial score (nSPS) is 15.9. The van der Waals surface area contributed by atoms with Crippen LogP contribution < -0.4 is 56.8 Å². The van der Waals surface area contributed by atoms with E-state index in [2.05, 4.69) is 72.8 Å². The van der Waals surface area contributed by atoms with Crippen LogP contribution in [0.1, 0.15) is 44.5 Å². The third kappa shape index (κ3) is 14.6. The van der Waals surface area contributed by atoms with E-state index in [4.69, 9.17) is 66.3 Å². The number of para-hydroxylation sites is 12. The Kier molecular flexibility index (Phi) is 19.3. The molecule has 4 heterocycles. The zero-order chi connectivity index (χ0) is 55.4. The van der Waals surface area contributed by atoms with E-state index in [0.29, 0.717) is 125 Å². The van der Waals surface area contributed by atoms with Crippen molar-refractivity contribution in [3.8, 4) is 69.0 Å². The molecule has 0 amide bonds. The van der Waals surface area contributed by atoms with E-state index >= 15 is 0 Å². The van der Waals surface area contributed by atoms with Crippen LogP contribution in [-0.2, 0) is 35.2 Å². The molecule has 8 aromatic carbocycles. The van der Waals surface area contributed by atoms with Gasteiger partial charge in [-0.25, -0.2) is 0 Å². The molecule has 0 saturated carbocycles. The first-order valence-electron chi connectivity index (χ1n) is 28.2. The molecule has 8 aromatic rings. The fraction of sp³-hybridized carbons (Fsp3) is 0.294. The molecule has 14 heteroatoms. The first-order valence-corrected chi connectivity index (χ1v) is 28.2. The van der Waals surface area contributed by atoms with Gasteiger partial charge < -0.3 is 66.3 Å². The van der Waals surface area contributed by atoms with E-state index in [9.17, 15) is 0 Å². The Labute approximate surface area is 479 Å². The molecule has 0 fully saturated rings. The van der Waals surface area contributed by atoms with Gasteiger partial charge in [0.05, 0.1) is 26.4 Å². The lowest BCUT2D eigenvalue weighted by Crippen LogP contribution is -2.16. The van der Waals surface area contributed by atoms with Gasteiger partial charge in [-0.15, -0.1) is 0 Å². The van der Waals surface area contributed by atoms with Gasteiger partial charge in [0, 0.05) is 25.7 Å². The van der Waals surface area contributed by atoms with Gasteiger partial charge in [-0.1, -0.05) is 121 Å². The molecule has 4 aliphatic heterocycles. The Bertz CT molecular complexity index is 2820. The van der Waals surface area contributed by atoms with Crippen molar-refractivity contribution in [1.82, 2.24) is 0 Å². The number of rotatable bonds is 0. The monoisotopic (exact) mass is 1110 g/mol. The topological polar surface area (TPSA) is 129 Å². The lowest BCUT2D eigenvalue weighted by Gasteiger charge is -2.23. The summed E-state index contributed by atoms with van der Waals surface area (Å²) in [4.78, 5) is 0. The average molecular weight is 1110 g/mol. The third-order valence-electron chi connectivity index (χ3n) is 13.9. The lowest BCUT2D eigenvalue weighted by molar-refractivity contribution is 0.0742. The summed E-state index contributed by atoms with van der Waals surface area (Å²) < 4.78 is 90.0. The number of ether oxygens (including phenoxy) is 14. The molecule has 0 unspecified atom stereocenters. The van der Waals surface area contributed by atoms with Gasteiger partial charge in [0.25, 0.3) is 0 Å². The molecule has 82 heavy (non-hydrogen) atoms. The van der Waals surface area contributed by atoms with E-state index in [1.54, 1.807) is 0 Å². The molecule has 0 spiro atoms. The molecule has 424 valence electrons. The number of benzene rings is 8. The molecular weight excluding hydrogens is 1040 g/mol. The Balaban J connectivity index is 1.01. The minimum atomic E-state index is 0.248. The smallest absolute Gasteiger partial charge is 0.161 e. The first-order chi connectivity index (χ1) is 40.7. The van der Waals surface area contributed by atoms with Gasteiger partial charge in [-0.2, -0.15) is 0 Å². The molecule has 5 aliphatic rings. The van der Waals surface area contributed by atoms with Gasteiger partial charge in [0.2, 0.25) is 0 Å². The predicted octanol–water partition coefficient (Wildman–Crippen LogP) is 11.8. The molecule has 0 aromatic heterocycles. The minimum Gasteiger partial charge on any atom is -0.489 e. The second-order valence-electron chi connectivity index (χ2n) is 19.5. The van der Waals surface area contributed by atoms with Crippen LogP contribution in [0.2, 0.25) is 0 Å². The SMILES string of the molecule is c1cc2c3c(c1)Cc1cccc4c1OCCOc1ccccc1OCCOCCOc1ccccc1OCCOc1c(cccc1Cc1cccc(c1OCCOc1ccccc1OCCOCCOc1ccccc1OCCO3)C4)C2. The van der Waals surface area contributed by atoms with Crippen molar-refractivity contribution in [2.24, 2.45) is 0 Å². The molecule has 13 rings (SSSR count). The summed E-state index contributed by atoms with van der Waals surface area (Å²) in [5.74, 6) is 7.89. The Morgan fingerprint density at radius 1 is 0.159 bits per heavy atom. The lowest BCUT2D eigenvalue weighted by atomic mass is 9.91. The number of hydrogen-bond donors (Lipinski definition) is 0. The van der Waals surface area contributed by atoms with E-state index < -0.39 is 0 Å². The van der Waals surface area contributed by atoms with Gasteiger partial charge in [0.1, 0.15) is 102 Å². The fourth-order valence-corrected chi connectivity index (χ4v) is 10.2. The maximum atomic E-state index is 6.95. The maximum absolute atomic E-state index is 6.95. The van der Waals surface area contributed by atoms with Crippen LogP contribution in [0.3, 0.4) is 0 Å². The highest BCUT2D eigenvalue weighted by molar-refractivity contribution is 5.56. The summed E-state index contributed by atoms with van der Waals surface area (Å²) in [5.41, 5.74) is 7.84. The first kappa shape index (κ1) is 55.2. The van der Waals surface area contributed by atoms with E-state index in [1.165, 1.54) is 0 Å². The predicted molar refractivity (Wildman–Crippen MR) is 310 cm³/mol. The van der Waals surface area contributed by atoms with Gasteiger partial charge in [-0.05, 0) is 93.0 Å². The van der Waals surface area contributed by atoms with Crippen LogP contribution in [0.25, 0.3) is 0 Å². The highest BCUT2D eigenvalue weighted by Crippen LogP contribution is 2.40. The summed E-state index contributed by atoms with van der Waals surface area (Å²) in [6.07, 6.45) is 1.96. The van der Waals surface area contributed by atoms with E-state index in [-0.39, 0.29) is 52.9 Å². The molecule has 14 nitrogen and oxygen atoms in total. The van der Waals surface area contributed by atoms with Crippen molar-refractivity contribution in [1.29, 1.82) is 0 Å². The van der Waals surface area contributed by atoms with Crippen molar-refractivity contribution in [2.75, 3.05) is 106 Å². The van der Waals surface area contributed by atoms with Crippen molar-refractivity contribution >= 4 is 0 Å². The molecule has 12 bridgehead atoms. The molecule has 0 saturated heterocycles. The zero-order valence-electron chi connectivity index (χ0n) is 46.0.